The van der Waals surface area contributed by atoms with Crippen molar-refractivity contribution in [3.63, 3.8) is 0 Å². The molecule has 0 bridgehead atoms. The lowest BCUT2D eigenvalue weighted by molar-refractivity contribution is -0.142. The van der Waals surface area contributed by atoms with Gasteiger partial charge in [-0.2, -0.15) is 26.3 Å². The smallest absolute Gasteiger partial charge is 0.416 e. The summed E-state index contributed by atoms with van der Waals surface area (Å²) in [7, 11) is 0. The van der Waals surface area contributed by atoms with Crippen molar-refractivity contribution < 1.29 is 40.6 Å². The van der Waals surface area contributed by atoms with Crippen LogP contribution < -0.4 is 0 Å². The third-order valence-electron chi connectivity index (χ3n) is 7.69. The number of carboxylic acids is 1. The molecule has 42 heavy (non-hydrogen) atoms. The maximum absolute atomic E-state index is 14.8. The summed E-state index contributed by atoms with van der Waals surface area (Å²) in [5.74, 6) is -4.43. The van der Waals surface area contributed by atoms with Gasteiger partial charge >= 0.3 is 18.3 Å². The summed E-state index contributed by atoms with van der Waals surface area (Å²) in [4.78, 5) is 14.1. The number of likely N-dealkylation sites (tertiary alicyclic amines) is 1. The predicted octanol–water partition coefficient (Wildman–Crippen LogP) is 9.12. The number of hydrogen-bond acceptors (Lipinski definition) is 2. The molecule has 10 heteroatoms. The van der Waals surface area contributed by atoms with Gasteiger partial charge in [0.1, 0.15) is 5.82 Å². The molecule has 0 aromatic heterocycles. The summed E-state index contributed by atoms with van der Waals surface area (Å²) in [6, 6.07) is 14.0. The molecule has 0 amide bonds. The summed E-state index contributed by atoms with van der Waals surface area (Å²) < 4.78 is 97.7. The molecule has 3 aromatic rings. The summed E-state index contributed by atoms with van der Waals surface area (Å²) in [5.41, 5.74) is -0.976. The first-order valence-corrected chi connectivity index (χ1v) is 13.8. The van der Waals surface area contributed by atoms with Gasteiger partial charge in [-0.05, 0) is 96.3 Å². The molecule has 1 unspecified atom stereocenters. The van der Waals surface area contributed by atoms with Gasteiger partial charge in [0, 0.05) is 6.54 Å². The fraction of sp³-hybridized carbons (Fsp3) is 0.406. The zero-order valence-electron chi connectivity index (χ0n) is 23.2. The van der Waals surface area contributed by atoms with Crippen LogP contribution in [0.2, 0.25) is 0 Å². The van der Waals surface area contributed by atoms with E-state index in [1.54, 1.807) is 49.1 Å². The van der Waals surface area contributed by atoms with Crippen LogP contribution in [-0.4, -0.2) is 29.1 Å². The molecule has 3 aromatic carbocycles. The number of aliphatic carboxylic acids is 1. The Labute approximate surface area is 240 Å². The number of nitrogens with zero attached hydrogens (tertiary/aromatic N) is 1. The van der Waals surface area contributed by atoms with Crippen LogP contribution in [0.25, 0.3) is 11.1 Å². The van der Waals surface area contributed by atoms with E-state index in [2.05, 4.69) is 0 Å². The molecular formula is C32H32F7NO2. The Balaban J connectivity index is 1.71. The van der Waals surface area contributed by atoms with E-state index in [1.807, 2.05) is 0 Å². The molecule has 1 fully saturated rings. The minimum Gasteiger partial charge on any atom is -0.481 e. The van der Waals surface area contributed by atoms with E-state index in [0.717, 1.165) is 12.1 Å². The van der Waals surface area contributed by atoms with Crippen molar-refractivity contribution >= 4 is 5.97 Å². The minimum atomic E-state index is -4.81. The second-order valence-electron chi connectivity index (χ2n) is 11.3. The zero-order valence-corrected chi connectivity index (χ0v) is 23.2. The fourth-order valence-electron chi connectivity index (χ4n) is 5.81. The lowest BCUT2D eigenvalue weighted by Crippen LogP contribution is -2.33. The lowest BCUT2D eigenvalue weighted by Gasteiger charge is -2.34. The molecule has 0 aliphatic carbocycles. The van der Waals surface area contributed by atoms with Gasteiger partial charge in [-0.15, -0.1) is 0 Å². The van der Waals surface area contributed by atoms with Crippen LogP contribution in [0.3, 0.4) is 0 Å². The minimum absolute atomic E-state index is 0.0183. The van der Waals surface area contributed by atoms with Crippen molar-refractivity contribution in [1.82, 2.24) is 4.90 Å². The van der Waals surface area contributed by atoms with Gasteiger partial charge in [0.05, 0.1) is 17.0 Å². The molecule has 0 radical (unpaired) electrons. The van der Waals surface area contributed by atoms with E-state index >= 15 is 0 Å². The highest BCUT2D eigenvalue weighted by molar-refractivity contribution is 5.79. The molecule has 4 rings (SSSR count). The maximum Gasteiger partial charge on any atom is 0.416 e. The van der Waals surface area contributed by atoms with Crippen molar-refractivity contribution in [2.45, 2.75) is 63.8 Å². The zero-order chi connectivity index (χ0) is 30.8. The normalized spacial score (nSPS) is 16.1. The first kappa shape index (κ1) is 31.5. The Hall–Kier alpha value is -3.40. The molecule has 1 aliphatic heterocycles. The molecule has 1 N–H and O–H groups in total. The Morgan fingerprint density at radius 1 is 0.905 bits per heavy atom. The van der Waals surface area contributed by atoms with Crippen molar-refractivity contribution in [3.8, 4) is 11.1 Å². The molecule has 1 aliphatic rings. The number of carbonyl (C=O) groups is 1. The Morgan fingerprint density at radius 3 is 2.10 bits per heavy atom. The first-order valence-electron chi connectivity index (χ1n) is 13.8. The lowest BCUT2D eigenvalue weighted by atomic mass is 9.78. The van der Waals surface area contributed by atoms with Crippen molar-refractivity contribution in [2.24, 2.45) is 5.92 Å². The third-order valence-corrected chi connectivity index (χ3v) is 7.69. The molecule has 1 saturated heterocycles. The van der Waals surface area contributed by atoms with Gasteiger partial charge in [-0.3, -0.25) is 9.69 Å². The molecule has 226 valence electrons. The van der Waals surface area contributed by atoms with Gasteiger partial charge in [-0.25, -0.2) is 4.39 Å². The molecular weight excluding hydrogens is 563 g/mol. The Bertz CT molecular complexity index is 1390. The highest BCUT2D eigenvalue weighted by Crippen LogP contribution is 2.46. The number of rotatable bonds is 8. The van der Waals surface area contributed by atoms with Crippen LogP contribution in [0.1, 0.15) is 72.8 Å². The summed E-state index contributed by atoms with van der Waals surface area (Å²) in [5, 5.41) is 10.0. The molecule has 0 saturated carbocycles. The highest BCUT2D eigenvalue weighted by atomic mass is 19.4. The Kier molecular flexibility index (Phi) is 9.35. The van der Waals surface area contributed by atoms with Gasteiger partial charge < -0.3 is 5.11 Å². The summed E-state index contributed by atoms with van der Waals surface area (Å²) >= 11 is 0. The maximum atomic E-state index is 14.8. The molecule has 1 atom stereocenters. The van der Waals surface area contributed by atoms with Gasteiger partial charge in [0.25, 0.3) is 0 Å². The standard InChI is InChI=1S/C32H32F7NO2/c1-19(2)12-28(30(41)42)27-16-23(21-6-4-3-5-7-21)15-26(29(27)32(37,38)39)22-8-10-40(11-9-22)18-20-13-24(31(34,35)36)17-25(33)14-20/h3-7,13-17,19,22,28H,8-12,18H2,1-2H3,(H,41,42). The van der Waals surface area contributed by atoms with E-state index in [-0.39, 0.29) is 61.5 Å². The molecule has 1 heterocycles. The van der Waals surface area contributed by atoms with Crippen molar-refractivity contribution in [2.75, 3.05) is 13.1 Å². The number of hydrogen-bond donors (Lipinski definition) is 1. The van der Waals surface area contributed by atoms with Crippen LogP contribution in [-0.2, 0) is 23.7 Å². The fourth-order valence-corrected chi connectivity index (χ4v) is 5.81. The summed E-state index contributed by atoms with van der Waals surface area (Å²) in [6.07, 6.45) is -8.95. The SMILES string of the molecule is CC(C)CC(C(=O)O)c1cc(-c2ccccc2)cc(C2CCN(Cc3cc(F)cc(C(F)(F)F)c3)CC2)c1C(F)(F)F. The Morgan fingerprint density at radius 2 is 1.55 bits per heavy atom. The number of halogens is 7. The van der Waals surface area contributed by atoms with E-state index in [9.17, 15) is 40.6 Å². The van der Waals surface area contributed by atoms with E-state index in [0.29, 0.717) is 17.2 Å². The van der Waals surface area contributed by atoms with Gasteiger partial charge in [0.2, 0.25) is 0 Å². The topological polar surface area (TPSA) is 40.5 Å². The number of piperidine rings is 1. The molecule has 3 nitrogen and oxygen atoms in total. The second kappa shape index (κ2) is 12.5. The van der Waals surface area contributed by atoms with Crippen LogP contribution in [0.4, 0.5) is 30.7 Å². The number of benzene rings is 3. The van der Waals surface area contributed by atoms with Crippen LogP contribution in [0.15, 0.2) is 60.7 Å². The van der Waals surface area contributed by atoms with Crippen LogP contribution >= 0.6 is 0 Å². The van der Waals surface area contributed by atoms with E-state index < -0.39 is 47.1 Å². The van der Waals surface area contributed by atoms with Crippen LogP contribution in [0.5, 0.6) is 0 Å². The van der Waals surface area contributed by atoms with Crippen LogP contribution in [0, 0.1) is 11.7 Å². The third kappa shape index (κ3) is 7.51. The highest BCUT2D eigenvalue weighted by Gasteiger charge is 2.42. The average molecular weight is 596 g/mol. The molecule has 0 spiro atoms. The van der Waals surface area contributed by atoms with E-state index in [4.69, 9.17) is 0 Å². The first-order chi connectivity index (χ1) is 19.6. The number of alkyl halides is 6. The quantitative estimate of drug-likeness (QED) is 0.264. The number of carboxylic acid groups (broad SMARTS) is 1. The van der Waals surface area contributed by atoms with E-state index in [1.165, 1.54) is 12.1 Å². The van der Waals surface area contributed by atoms with Crippen molar-refractivity contribution in [3.05, 3.63) is 94.3 Å². The largest absolute Gasteiger partial charge is 0.481 e. The summed E-state index contributed by atoms with van der Waals surface area (Å²) in [6.45, 7) is 4.09. The average Bonchev–Trinajstić information content (AvgIpc) is 2.90. The van der Waals surface area contributed by atoms with Gasteiger partial charge in [0.15, 0.2) is 0 Å². The second-order valence-corrected chi connectivity index (χ2v) is 11.3. The monoisotopic (exact) mass is 595 g/mol. The van der Waals surface area contributed by atoms with Crippen molar-refractivity contribution in [1.29, 1.82) is 0 Å². The predicted molar refractivity (Wildman–Crippen MR) is 145 cm³/mol. The van der Waals surface area contributed by atoms with Gasteiger partial charge in [-0.1, -0.05) is 50.2 Å².